The van der Waals surface area contributed by atoms with Crippen molar-refractivity contribution in [1.29, 1.82) is 5.26 Å². The van der Waals surface area contributed by atoms with Gasteiger partial charge in [0.2, 0.25) is 0 Å². The highest BCUT2D eigenvalue weighted by atomic mass is 32.1. The number of carbonyl (C=O) groups is 1. The van der Waals surface area contributed by atoms with Crippen molar-refractivity contribution in [3.8, 4) is 11.8 Å². The first kappa shape index (κ1) is 18.0. The van der Waals surface area contributed by atoms with E-state index in [4.69, 9.17) is 10.00 Å². The first-order valence-corrected chi connectivity index (χ1v) is 9.16. The van der Waals surface area contributed by atoms with Crippen molar-refractivity contribution in [3.05, 3.63) is 58.2 Å². The number of aliphatic hydroxyl groups excluding tert-OH is 1. The minimum atomic E-state index is -1.11. The predicted molar refractivity (Wildman–Crippen MR) is 105 cm³/mol. The molecule has 0 aliphatic rings. The number of hydrogen-bond donors (Lipinski definition) is 2. The van der Waals surface area contributed by atoms with Crippen LogP contribution in [-0.2, 0) is 0 Å². The average molecular weight is 393 g/mol. The molecule has 0 amide bonds. The fraction of sp³-hybridized carbons (Fsp3) is 0.150. The van der Waals surface area contributed by atoms with Crippen molar-refractivity contribution < 1.29 is 19.7 Å². The summed E-state index contributed by atoms with van der Waals surface area (Å²) in [4.78, 5) is 16.0. The van der Waals surface area contributed by atoms with Gasteiger partial charge in [-0.05, 0) is 42.8 Å². The van der Waals surface area contributed by atoms with Crippen LogP contribution in [0, 0.1) is 18.3 Å². The molecular weight excluding hydrogens is 378 g/mol. The highest BCUT2D eigenvalue weighted by Crippen LogP contribution is 2.40. The van der Waals surface area contributed by atoms with Crippen LogP contribution in [0.25, 0.3) is 21.1 Å². The van der Waals surface area contributed by atoms with Gasteiger partial charge in [-0.25, -0.2) is 9.78 Å². The van der Waals surface area contributed by atoms with Crippen LogP contribution in [0.5, 0.6) is 5.75 Å². The third-order valence-corrected chi connectivity index (χ3v) is 5.70. The van der Waals surface area contributed by atoms with E-state index in [-0.39, 0.29) is 0 Å². The van der Waals surface area contributed by atoms with Crippen molar-refractivity contribution in [3.63, 3.8) is 0 Å². The molecule has 140 valence electrons. The normalized spacial score (nSPS) is 12.2. The number of aromatic nitrogens is 2. The fourth-order valence-corrected chi connectivity index (χ4v) is 4.39. The summed E-state index contributed by atoms with van der Waals surface area (Å²) in [6, 6.07) is 10.6. The molecule has 0 radical (unpaired) electrons. The zero-order valence-corrected chi connectivity index (χ0v) is 15.8. The molecule has 2 aromatic carbocycles. The number of ether oxygens (including phenoxy) is 1. The molecule has 0 fully saturated rings. The minimum Gasteiger partial charge on any atom is -0.496 e. The van der Waals surface area contributed by atoms with Crippen LogP contribution in [0.4, 0.5) is 4.79 Å². The monoisotopic (exact) mass is 393 g/mol. The zero-order valence-electron chi connectivity index (χ0n) is 15.0. The van der Waals surface area contributed by atoms with Gasteiger partial charge in [-0.2, -0.15) is 5.26 Å². The molecule has 0 saturated heterocycles. The number of aliphatic hydroxyl groups is 1. The lowest BCUT2D eigenvalue weighted by atomic mass is 10.0. The lowest BCUT2D eigenvalue weighted by molar-refractivity contribution is 0.197. The third-order valence-electron chi connectivity index (χ3n) is 4.63. The van der Waals surface area contributed by atoms with Crippen LogP contribution in [0.15, 0.2) is 36.5 Å². The van der Waals surface area contributed by atoms with Crippen LogP contribution in [0.3, 0.4) is 0 Å². The summed E-state index contributed by atoms with van der Waals surface area (Å²) in [6.07, 6.45) is -0.758. The summed E-state index contributed by atoms with van der Waals surface area (Å²) in [5.74, 6) is 0.456. The van der Waals surface area contributed by atoms with E-state index in [9.17, 15) is 15.0 Å². The summed E-state index contributed by atoms with van der Waals surface area (Å²) in [6.45, 7) is 1.79. The number of carboxylic acid groups (broad SMARTS) is 1. The van der Waals surface area contributed by atoms with E-state index < -0.39 is 12.2 Å². The first-order chi connectivity index (χ1) is 13.4. The maximum absolute atomic E-state index is 11.5. The summed E-state index contributed by atoms with van der Waals surface area (Å²) >= 11 is 1.28. The van der Waals surface area contributed by atoms with Gasteiger partial charge in [-0.15, -0.1) is 11.3 Å². The summed E-state index contributed by atoms with van der Waals surface area (Å²) < 4.78 is 7.39. The molecule has 0 aliphatic heterocycles. The van der Waals surface area contributed by atoms with Gasteiger partial charge in [-0.3, -0.25) is 4.57 Å². The molecule has 2 heterocycles. The maximum Gasteiger partial charge on any atom is 0.416 e. The van der Waals surface area contributed by atoms with Gasteiger partial charge in [0.15, 0.2) is 0 Å². The second-order valence-electron chi connectivity index (χ2n) is 6.29. The van der Waals surface area contributed by atoms with E-state index in [2.05, 4.69) is 11.1 Å². The van der Waals surface area contributed by atoms with Crippen LogP contribution in [0.2, 0.25) is 0 Å². The molecule has 7 nitrogen and oxygen atoms in total. The highest BCUT2D eigenvalue weighted by Gasteiger charge is 2.25. The van der Waals surface area contributed by atoms with E-state index in [1.54, 1.807) is 37.3 Å². The van der Waals surface area contributed by atoms with Gasteiger partial charge in [0, 0.05) is 17.1 Å². The SMILES string of the molecule is COc1cc(C)c2c(ccn2C(=O)O)c1C(O)c1nc2ccc(C#N)cc2s1. The number of fused-ring (bicyclic) bond motifs is 2. The lowest BCUT2D eigenvalue weighted by Crippen LogP contribution is -2.08. The molecule has 0 bridgehead atoms. The largest absolute Gasteiger partial charge is 0.496 e. The Hall–Kier alpha value is -3.41. The predicted octanol–water partition coefficient (Wildman–Crippen LogP) is 4.05. The number of nitriles is 1. The summed E-state index contributed by atoms with van der Waals surface area (Å²) in [7, 11) is 1.50. The minimum absolute atomic E-state index is 0.441. The molecule has 4 aromatic rings. The fourth-order valence-electron chi connectivity index (χ4n) is 3.39. The van der Waals surface area contributed by atoms with Gasteiger partial charge in [-0.1, -0.05) is 0 Å². The number of rotatable bonds is 3. The first-order valence-electron chi connectivity index (χ1n) is 8.35. The Morgan fingerprint density at radius 3 is 2.82 bits per heavy atom. The molecule has 0 spiro atoms. The van der Waals surface area contributed by atoms with Crippen LogP contribution < -0.4 is 4.74 Å². The van der Waals surface area contributed by atoms with Crippen molar-refractivity contribution in [2.45, 2.75) is 13.0 Å². The number of aryl methyl sites for hydroxylation is 1. The van der Waals surface area contributed by atoms with Gasteiger partial charge >= 0.3 is 6.09 Å². The third kappa shape index (κ3) is 2.69. The molecule has 28 heavy (non-hydrogen) atoms. The number of thiazole rings is 1. The summed E-state index contributed by atoms with van der Waals surface area (Å²) in [5.41, 5.74) is 2.88. The highest BCUT2D eigenvalue weighted by molar-refractivity contribution is 7.18. The molecule has 2 aromatic heterocycles. The van der Waals surface area contributed by atoms with E-state index in [0.29, 0.717) is 38.3 Å². The Labute approximate surface area is 163 Å². The lowest BCUT2D eigenvalue weighted by Gasteiger charge is -2.16. The number of nitrogens with zero attached hydrogens (tertiary/aromatic N) is 3. The molecule has 8 heteroatoms. The Kier molecular flexibility index (Phi) is 4.26. The Morgan fingerprint density at radius 2 is 2.14 bits per heavy atom. The Bertz CT molecular complexity index is 1280. The molecule has 1 atom stereocenters. The van der Waals surface area contributed by atoms with Crippen LogP contribution >= 0.6 is 11.3 Å². The molecule has 4 rings (SSSR count). The van der Waals surface area contributed by atoms with Gasteiger partial charge in [0.25, 0.3) is 0 Å². The second kappa shape index (κ2) is 6.64. The molecule has 2 N–H and O–H groups in total. The molecule has 1 unspecified atom stereocenters. The molecular formula is C20H15N3O4S. The Balaban J connectivity index is 1.94. The van der Waals surface area contributed by atoms with Gasteiger partial charge in [0.1, 0.15) is 16.9 Å². The topological polar surface area (TPSA) is 108 Å². The average Bonchev–Trinajstić information content (AvgIpc) is 3.31. The van der Waals surface area contributed by atoms with Crippen molar-refractivity contribution in [2.24, 2.45) is 0 Å². The van der Waals surface area contributed by atoms with Crippen molar-refractivity contribution in [2.75, 3.05) is 7.11 Å². The standard InChI is InChI=1S/C20H15N3O4S/c1-10-7-14(27-2)16(12-5-6-23(17(10)12)20(25)26)18(24)19-22-13-4-3-11(9-21)8-15(13)28-19/h3-8,18,24H,1-2H3,(H,25,26). The number of benzene rings is 2. The maximum atomic E-state index is 11.5. The van der Waals surface area contributed by atoms with Crippen LogP contribution in [-0.4, -0.2) is 33.0 Å². The van der Waals surface area contributed by atoms with E-state index in [0.717, 1.165) is 14.8 Å². The second-order valence-corrected chi connectivity index (χ2v) is 7.35. The quantitative estimate of drug-likeness (QED) is 0.544. The van der Waals surface area contributed by atoms with Crippen LogP contribution in [0.1, 0.15) is 27.8 Å². The Morgan fingerprint density at radius 1 is 1.36 bits per heavy atom. The molecule has 0 aliphatic carbocycles. The smallest absolute Gasteiger partial charge is 0.416 e. The van der Waals surface area contributed by atoms with Gasteiger partial charge < -0.3 is 14.9 Å². The molecule has 0 saturated carbocycles. The van der Waals surface area contributed by atoms with Gasteiger partial charge in [0.05, 0.1) is 34.5 Å². The van der Waals surface area contributed by atoms with Crippen molar-refractivity contribution >= 4 is 38.5 Å². The number of hydrogen-bond acceptors (Lipinski definition) is 6. The van der Waals surface area contributed by atoms with E-state index in [1.807, 2.05) is 0 Å². The van der Waals surface area contributed by atoms with Crippen molar-refractivity contribution in [1.82, 2.24) is 9.55 Å². The summed E-state index contributed by atoms with van der Waals surface area (Å²) in [5, 5.41) is 30.7. The van der Waals surface area contributed by atoms with E-state index in [1.165, 1.54) is 24.6 Å². The number of methoxy groups -OCH3 is 1. The zero-order chi connectivity index (χ0) is 20.0. The van der Waals surface area contributed by atoms with E-state index >= 15 is 0 Å².